The van der Waals surface area contributed by atoms with Crippen LogP contribution in [0.1, 0.15) is 28.4 Å². The first-order valence-corrected chi connectivity index (χ1v) is 6.60. The monoisotopic (exact) mass is 272 g/mol. The van der Waals surface area contributed by atoms with E-state index in [0.717, 1.165) is 18.7 Å². The second-order valence-corrected chi connectivity index (χ2v) is 5.12. The number of aromatic amines is 1. The molecule has 3 rings (SSSR count). The van der Waals surface area contributed by atoms with E-state index in [1.54, 1.807) is 25.5 Å². The number of hydrogen-bond acceptors (Lipinski definition) is 3. The van der Waals surface area contributed by atoms with Gasteiger partial charge >= 0.3 is 0 Å². The molecule has 0 aromatic carbocycles. The zero-order valence-electron chi connectivity index (χ0n) is 11.2. The summed E-state index contributed by atoms with van der Waals surface area (Å²) < 4.78 is 1.43. The Labute approximate surface area is 116 Å². The van der Waals surface area contributed by atoms with E-state index in [-0.39, 0.29) is 11.5 Å². The van der Waals surface area contributed by atoms with E-state index < -0.39 is 0 Å². The van der Waals surface area contributed by atoms with E-state index >= 15 is 0 Å². The van der Waals surface area contributed by atoms with Gasteiger partial charge in [0.05, 0.1) is 5.56 Å². The van der Waals surface area contributed by atoms with Crippen LogP contribution >= 0.6 is 0 Å². The molecule has 1 aliphatic heterocycles. The molecule has 0 aliphatic carbocycles. The average Bonchev–Trinajstić information content (AvgIpc) is 3.11. The van der Waals surface area contributed by atoms with Crippen LogP contribution in [0, 0.1) is 0 Å². The van der Waals surface area contributed by atoms with E-state index in [9.17, 15) is 9.59 Å². The maximum absolute atomic E-state index is 12.4. The first-order chi connectivity index (χ1) is 9.65. The lowest BCUT2D eigenvalue weighted by molar-refractivity contribution is 0.0789. The van der Waals surface area contributed by atoms with Crippen molar-refractivity contribution in [1.82, 2.24) is 19.7 Å². The fourth-order valence-electron chi connectivity index (χ4n) is 2.60. The number of carbonyl (C=O) groups is 1. The third kappa shape index (κ3) is 2.24. The van der Waals surface area contributed by atoms with Crippen LogP contribution in [0.4, 0.5) is 0 Å². The Morgan fingerprint density at radius 3 is 2.95 bits per heavy atom. The number of likely N-dealkylation sites (tertiary alicyclic amines) is 1. The van der Waals surface area contributed by atoms with Crippen LogP contribution < -0.4 is 5.56 Å². The molecule has 2 aromatic rings. The summed E-state index contributed by atoms with van der Waals surface area (Å²) in [5, 5.41) is 6.91. The van der Waals surface area contributed by atoms with Gasteiger partial charge in [-0.15, -0.1) is 0 Å². The van der Waals surface area contributed by atoms with Gasteiger partial charge in [-0.1, -0.05) is 0 Å². The molecule has 104 valence electrons. The molecule has 0 bridgehead atoms. The van der Waals surface area contributed by atoms with Crippen molar-refractivity contribution in [2.75, 3.05) is 13.1 Å². The first-order valence-electron chi connectivity index (χ1n) is 6.60. The smallest absolute Gasteiger partial charge is 0.255 e. The van der Waals surface area contributed by atoms with Crippen LogP contribution in [0.15, 0.2) is 35.4 Å². The molecule has 0 spiro atoms. The largest absolute Gasteiger partial charge is 0.338 e. The lowest BCUT2D eigenvalue weighted by atomic mass is 10.1. The van der Waals surface area contributed by atoms with E-state index in [4.69, 9.17) is 0 Å². The summed E-state index contributed by atoms with van der Waals surface area (Å²) in [6, 6.07) is 4.97. The number of carbonyl (C=O) groups excluding carboxylic acids is 1. The third-order valence-electron chi connectivity index (χ3n) is 3.77. The lowest BCUT2D eigenvalue weighted by Crippen LogP contribution is -2.29. The van der Waals surface area contributed by atoms with Gasteiger partial charge in [0, 0.05) is 50.2 Å². The van der Waals surface area contributed by atoms with Crippen molar-refractivity contribution in [1.29, 1.82) is 0 Å². The van der Waals surface area contributed by atoms with Crippen LogP contribution in [0.2, 0.25) is 0 Å². The van der Waals surface area contributed by atoms with Gasteiger partial charge in [-0.3, -0.25) is 14.7 Å². The summed E-state index contributed by atoms with van der Waals surface area (Å²) in [4.78, 5) is 25.6. The zero-order chi connectivity index (χ0) is 14.1. The topological polar surface area (TPSA) is 71.0 Å². The highest BCUT2D eigenvalue weighted by Gasteiger charge is 2.28. The van der Waals surface area contributed by atoms with Crippen molar-refractivity contribution in [3.8, 4) is 0 Å². The van der Waals surface area contributed by atoms with Crippen molar-refractivity contribution in [2.24, 2.45) is 7.05 Å². The van der Waals surface area contributed by atoms with Gasteiger partial charge in [-0.05, 0) is 18.6 Å². The van der Waals surface area contributed by atoms with Gasteiger partial charge in [-0.2, -0.15) is 5.10 Å². The molecule has 20 heavy (non-hydrogen) atoms. The van der Waals surface area contributed by atoms with Crippen LogP contribution in [0.5, 0.6) is 0 Å². The van der Waals surface area contributed by atoms with Gasteiger partial charge in [-0.25, -0.2) is 0 Å². The van der Waals surface area contributed by atoms with Crippen LogP contribution in [0.25, 0.3) is 0 Å². The predicted octanol–water partition coefficient (Wildman–Crippen LogP) is 0.738. The van der Waals surface area contributed by atoms with Gasteiger partial charge < -0.3 is 9.47 Å². The van der Waals surface area contributed by atoms with Crippen molar-refractivity contribution in [3.63, 3.8) is 0 Å². The van der Waals surface area contributed by atoms with Crippen LogP contribution in [-0.2, 0) is 7.05 Å². The molecule has 1 N–H and O–H groups in total. The highest BCUT2D eigenvalue weighted by atomic mass is 16.2. The minimum atomic E-state index is -0.113. The summed E-state index contributed by atoms with van der Waals surface area (Å²) in [5.41, 5.74) is 1.51. The molecule has 1 aliphatic rings. The van der Waals surface area contributed by atoms with E-state index in [0.29, 0.717) is 18.0 Å². The normalized spacial score (nSPS) is 18.4. The molecule has 6 nitrogen and oxygen atoms in total. The minimum Gasteiger partial charge on any atom is -0.338 e. The van der Waals surface area contributed by atoms with Crippen molar-refractivity contribution >= 4 is 5.91 Å². The number of amides is 1. The average molecular weight is 272 g/mol. The van der Waals surface area contributed by atoms with E-state index in [1.807, 2.05) is 11.0 Å². The number of rotatable bonds is 2. The fourth-order valence-corrected chi connectivity index (χ4v) is 2.60. The van der Waals surface area contributed by atoms with Crippen molar-refractivity contribution < 1.29 is 4.79 Å². The number of aryl methyl sites for hydroxylation is 1. The number of hydrogen-bond donors (Lipinski definition) is 1. The molecule has 1 atom stereocenters. The molecule has 6 heteroatoms. The highest BCUT2D eigenvalue weighted by molar-refractivity contribution is 5.94. The summed E-state index contributed by atoms with van der Waals surface area (Å²) in [7, 11) is 1.65. The summed E-state index contributed by atoms with van der Waals surface area (Å²) in [5.74, 6) is 0.289. The molecular weight excluding hydrogens is 256 g/mol. The molecule has 0 saturated carbocycles. The highest BCUT2D eigenvalue weighted by Crippen LogP contribution is 2.26. The molecule has 1 amide bonds. The number of nitrogens with one attached hydrogen (secondary N) is 1. The maximum atomic E-state index is 12.4. The van der Waals surface area contributed by atoms with Gasteiger partial charge in [0.1, 0.15) is 0 Å². The SMILES string of the molecule is Cn1cc(C(=O)N2CC[C@H](c3ccn[nH]3)C2)ccc1=O. The van der Waals surface area contributed by atoms with Gasteiger partial charge in [0.15, 0.2) is 0 Å². The quantitative estimate of drug-likeness (QED) is 0.876. The summed E-state index contributed by atoms with van der Waals surface area (Å²) in [6.07, 6.45) is 4.25. The number of aromatic nitrogens is 3. The predicted molar refractivity (Wildman–Crippen MR) is 73.5 cm³/mol. The van der Waals surface area contributed by atoms with Crippen LogP contribution in [0.3, 0.4) is 0 Å². The molecule has 0 unspecified atom stereocenters. The maximum Gasteiger partial charge on any atom is 0.255 e. The standard InChI is InChI=1S/C14H16N4O2/c1-17-8-11(2-3-13(17)19)14(20)18-7-5-10(9-18)12-4-6-15-16-12/h2-4,6,8,10H,5,7,9H2,1H3,(H,15,16)/t10-/m0/s1. The Bertz CT molecular complexity index is 675. The summed E-state index contributed by atoms with van der Waals surface area (Å²) >= 11 is 0. The molecule has 3 heterocycles. The molecule has 1 fully saturated rings. The Hall–Kier alpha value is -2.37. The van der Waals surface area contributed by atoms with Gasteiger partial charge in [0.25, 0.3) is 5.91 Å². The van der Waals surface area contributed by atoms with E-state index in [1.165, 1.54) is 10.6 Å². The minimum absolute atomic E-state index is 0.0254. The second-order valence-electron chi connectivity index (χ2n) is 5.12. The molecular formula is C14H16N4O2. The molecule has 2 aromatic heterocycles. The molecule has 1 saturated heterocycles. The number of H-pyrrole nitrogens is 1. The second kappa shape index (κ2) is 4.96. The number of pyridine rings is 1. The Morgan fingerprint density at radius 2 is 2.25 bits per heavy atom. The number of nitrogens with zero attached hydrogens (tertiary/aromatic N) is 3. The zero-order valence-corrected chi connectivity index (χ0v) is 11.2. The van der Waals surface area contributed by atoms with Crippen LogP contribution in [-0.4, -0.2) is 38.7 Å². The summed E-state index contributed by atoms with van der Waals surface area (Å²) in [6.45, 7) is 1.41. The van der Waals surface area contributed by atoms with Crippen molar-refractivity contribution in [3.05, 3.63) is 52.2 Å². The lowest BCUT2D eigenvalue weighted by Gasteiger charge is -2.16. The Kier molecular flexibility index (Phi) is 3.14. The molecule has 0 radical (unpaired) electrons. The van der Waals surface area contributed by atoms with E-state index in [2.05, 4.69) is 10.2 Å². The Balaban J connectivity index is 1.75. The third-order valence-corrected chi connectivity index (χ3v) is 3.77. The Morgan fingerprint density at radius 1 is 1.40 bits per heavy atom. The fraction of sp³-hybridized carbons (Fsp3) is 0.357. The van der Waals surface area contributed by atoms with Crippen molar-refractivity contribution in [2.45, 2.75) is 12.3 Å². The van der Waals surface area contributed by atoms with Gasteiger partial charge in [0.2, 0.25) is 5.56 Å². The first kappa shape index (κ1) is 12.7.